The van der Waals surface area contributed by atoms with Gasteiger partial charge >= 0.3 is 5.97 Å². The van der Waals surface area contributed by atoms with Crippen LogP contribution in [0.15, 0.2) is 11.1 Å². The lowest BCUT2D eigenvalue weighted by atomic mass is 10.2. The fourth-order valence-electron chi connectivity index (χ4n) is 2.61. The largest absolute Gasteiger partial charge is 0.481 e. The third-order valence-corrected chi connectivity index (χ3v) is 4.16. The maximum absolute atomic E-state index is 12.6. The molecule has 0 radical (unpaired) electrons. The molecule has 28 heavy (non-hydrogen) atoms. The Balaban J connectivity index is 1.94. The summed E-state index contributed by atoms with van der Waals surface area (Å²) < 4.78 is 1.44. The van der Waals surface area contributed by atoms with Crippen LogP contribution in [0.2, 0.25) is 0 Å². The first kappa shape index (κ1) is 20.9. The van der Waals surface area contributed by atoms with Gasteiger partial charge in [0, 0.05) is 32.1 Å². The fraction of sp³-hybridized carbons (Fsp3) is 0.500. The summed E-state index contributed by atoms with van der Waals surface area (Å²) in [5, 5.41) is 15.4. The Hall–Kier alpha value is -3.44. The number of fused-ring (bicyclic) bond motifs is 1. The molecule has 0 bridgehead atoms. The van der Waals surface area contributed by atoms with Crippen LogP contribution in [0.3, 0.4) is 0 Å². The molecule has 3 amide bonds. The van der Waals surface area contributed by atoms with Crippen molar-refractivity contribution >= 4 is 29.7 Å². The van der Waals surface area contributed by atoms with Gasteiger partial charge in [0.05, 0.1) is 12.5 Å². The minimum atomic E-state index is -1.02. The number of amides is 3. The van der Waals surface area contributed by atoms with Crippen LogP contribution < -0.4 is 16.8 Å². The predicted molar refractivity (Wildman–Crippen MR) is 97.3 cm³/mol. The number of carbonyl (C=O) groups is 4. The van der Waals surface area contributed by atoms with E-state index in [1.807, 2.05) is 0 Å². The highest BCUT2D eigenvalue weighted by Crippen LogP contribution is 2.15. The topological polar surface area (TPSA) is 186 Å². The number of hydrogen-bond donors (Lipinski definition) is 4. The number of rotatable bonds is 8. The minimum Gasteiger partial charge on any atom is -0.481 e. The van der Waals surface area contributed by atoms with E-state index in [1.165, 1.54) is 17.7 Å². The normalized spacial score (nSPS) is 14.2. The second-order valence-electron chi connectivity index (χ2n) is 6.41. The predicted octanol–water partition coefficient (Wildman–Crippen LogP) is -1.63. The third-order valence-electron chi connectivity index (χ3n) is 4.16. The number of guanidine groups is 1. The highest BCUT2D eigenvalue weighted by atomic mass is 16.4. The van der Waals surface area contributed by atoms with E-state index in [-0.39, 0.29) is 36.2 Å². The van der Waals surface area contributed by atoms with Gasteiger partial charge in [-0.1, -0.05) is 6.92 Å². The number of carbonyl (C=O) groups excluding carboxylic acids is 3. The lowest BCUT2D eigenvalue weighted by Crippen LogP contribution is -2.41. The highest BCUT2D eigenvalue weighted by molar-refractivity contribution is 5.98. The Morgan fingerprint density at radius 3 is 2.71 bits per heavy atom. The summed E-state index contributed by atoms with van der Waals surface area (Å²) in [5.41, 5.74) is 10.6. The highest BCUT2D eigenvalue weighted by Gasteiger charge is 2.28. The Bertz CT molecular complexity index is 812. The second kappa shape index (κ2) is 8.97. The maximum Gasteiger partial charge on any atom is 0.308 e. The zero-order chi connectivity index (χ0) is 20.8. The first-order valence-corrected chi connectivity index (χ1v) is 8.69. The first-order valence-electron chi connectivity index (χ1n) is 8.69. The van der Waals surface area contributed by atoms with Crippen LogP contribution in [0.25, 0.3) is 0 Å². The molecule has 0 aliphatic carbocycles. The summed E-state index contributed by atoms with van der Waals surface area (Å²) in [6.45, 7) is 2.57. The van der Waals surface area contributed by atoms with Crippen LogP contribution in [0, 0.1) is 5.92 Å². The number of nitrogens with zero attached hydrogens (tertiary/aromatic N) is 4. The number of carboxylic acid groups (broad SMARTS) is 1. The van der Waals surface area contributed by atoms with Crippen molar-refractivity contribution in [1.29, 1.82) is 0 Å². The smallest absolute Gasteiger partial charge is 0.308 e. The van der Waals surface area contributed by atoms with Gasteiger partial charge in [-0.05, 0) is 6.42 Å². The van der Waals surface area contributed by atoms with E-state index in [0.717, 1.165) is 0 Å². The Kier molecular flexibility index (Phi) is 6.69. The molecule has 1 aromatic heterocycles. The van der Waals surface area contributed by atoms with E-state index >= 15 is 0 Å². The van der Waals surface area contributed by atoms with Crippen LogP contribution in [-0.2, 0) is 16.1 Å². The Morgan fingerprint density at radius 1 is 1.36 bits per heavy atom. The number of nitrogens with one attached hydrogen (secondary N) is 1. The van der Waals surface area contributed by atoms with Crippen molar-refractivity contribution in [3.05, 3.63) is 17.5 Å². The Labute approximate surface area is 160 Å². The van der Waals surface area contributed by atoms with Gasteiger partial charge in [0.1, 0.15) is 5.69 Å². The summed E-state index contributed by atoms with van der Waals surface area (Å²) in [5.74, 6) is -3.35. The number of hydrogen-bond acceptors (Lipinski definition) is 5. The summed E-state index contributed by atoms with van der Waals surface area (Å²) in [6, 6.07) is 1.37. The molecule has 0 spiro atoms. The minimum absolute atomic E-state index is 0.0414. The average Bonchev–Trinajstić information content (AvgIpc) is 3.05. The molecule has 0 saturated carbocycles. The second-order valence-corrected chi connectivity index (χ2v) is 6.41. The molecule has 12 nitrogen and oxygen atoms in total. The Morgan fingerprint density at radius 2 is 2.07 bits per heavy atom. The molecule has 152 valence electrons. The van der Waals surface area contributed by atoms with Gasteiger partial charge in [-0.2, -0.15) is 10.1 Å². The third kappa shape index (κ3) is 5.28. The number of nitrogens with two attached hydrogens (primary N) is 2. The molecule has 1 aromatic rings. The molecule has 6 N–H and O–H groups in total. The zero-order valence-electron chi connectivity index (χ0n) is 15.4. The molecule has 0 aromatic carbocycles. The van der Waals surface area contributed by atoms with Gasteiger partial charge in [0.2, 0.25) is 5.91 Å². The summed E-state index contributed by atoms with van der Waals surface area (Å²) in [4.78, 5) is 51.9. The number of aromatic nitrogens is 2. The summed E-state index contributed by atoms with van der Waals surface area (Å²) >= 11 is 0. The molecule has 1 atom stereocenters. The van der Waals surface area contributed by atoms with Crippen molar-refractivity contribution < 1.29 is 24.3 Å². The molecule has 0 unspecified atom stereocenters. The zero-order valence-corrected chi connectivity index (χ0v) is 15.4. The van der Waals surface area contributed by atoms with Gasteiger partial charge in [0.15, 0.2) is 11.7 Å². The van der Waals surface area contributed by atoms with Crippen LogP contribution in [0.4, 0.5) is 0 Å². The van der Waals surface area contributed by atoms with Gasteiger partial charge in [0.25, 0.3) is 11.8 Å². The summed E-state index contributed by atoms with van der Waals surface area (Å²) in [6.07, 6.45) is 0.506. The fourth-order valence-corrected chi connectivity index (χ4v) is 2.61. The molecule has 1 aliphatic rings. The van der Waals surface area contributed by atoms with Gasteiger partial charge in [-0.15, -0.1) is 0 Å². The number of aliphatic imine (C=N–C) groups is 1. The van der Waals surface area contributed by atoms with E-state index in [1.54, 1.807) is 4.90 Å². The molecule has 2 heterocycles. The molecular weight excluding hydrogens is 370 g/mol. The maximum atomic E-state index is 12.6. The molecule has 12 heteroatoms. The van der Waals surface area contributed by atoms with Crippen molar-refractivity contribution in [2.24, 2.45) is 22.4 Å². The van der Waals surface area contributed by atoms with Crippen LogP contribution in [-0.4, -0.2) is 69.1 Å². The van der Waals surface area contributed by atoms with Gasteiger partial charge < -0.3 is 26.8 Å². The van der Waals surface area contributed by atoms with Crippen LogP contribution in [0.1, 0.15) is 40.7 Å². The van der Waals surface area contributed by atoms with E-state index in [4.69, 9.17) is 16.6 Å². The number of aliphatic carboxylic acids is 1. The van der Waals surface area contributed by atoms with E-state index in [0.29, 0.717) is 26.1 Å². The quantitative estimate of drug-likeness (QED) is 0.299. The first-order chi connectivity index (χ1) is 13.2. The van der Waals surface area contributed by atoms with Crippen LogP contribution in [0.5, 0.6) is 0 Å². The molecule has 2 rings (SSSR count). The molecule has 0 fully saturated rings. The standard InChI is InChI=1S/C16H23N7O5/c1-9(15(27)28)8-19-13(25)10-7-11-14(26)22(5-6-23(11)21-10)4-2-3-12(24)20-16(17)18/h7,9H,2-6,8H2,1H3,(H,19,25)(H,27,28)(H4,17,18,20,24)/t9-/m0/s1. The average molecular weight is 393 g/mol. The van der Waals surface area contributed by atoms with Gasteiger partial charge in [-0.25, -0.2) is 0 Å². The molecule has 1 aliphatic heterocycles. The van der Waals surface area contributed by atoms with Crippen molar-refractivity contribution in [2.45, 2.75) is 26.3 Å². The van der Waals surface area contributed by atoms with Crippen molar-refractivity contribution in [3.8, 4) is 0 Å². The van der Waals surface area contributed by atoms with Crippen molar-refractivity contribution in [3.63, 3.8) is 0 Å². The SMILES string of the molecule is C[C@@H](CNC(=O)c1cc2n(n1)CCN(CCCC(=O)N=C(N)N)C2=O)C(=O)O. The van der Waals surface area contributed by atoms with Crippen molar-refractivity contribution in [2.75, 3.05) is 19.6 Å². The molecular formula is C16H23N7O5. The summed E-state index contributed by atoms with van der Waals surface area (Å²) in [7, 11) is 0. The van der Waals surface area contributed by atoms with E-state index in [2.05, 4.69) is 15.4 Å². The van der Waals surface area contributed by atoms with E-state index < -0.39 is 23.7 Å². The lowest BCUT2D eigenvalue weighted by Gasteiger charge is -2.27. The molecule has 0 saturated heterocycles. The van der Waals surface area contributed by atoms with Gasteiger partial charge in [-0.3, -0.25) is 23.9 Å². The lowest BCUT2D eigenvalue weighted by molar-refractivity contribution is -0.140. The van der Waals surface area contributed by atoms with E-state index in [9.17, 15) is 19.2 Å². The van der Waals surface area contributed by atoms with Crippen LogP contribution >= 0.6 is 0 Å². The number of carboxylic acids is 1. The van der Waals surface area contributed by atoms with Crippen molar-refractivity contribution in [1.82, 2.24) is 20.0 Å². The monoisotopic (exact) mass is 393 g/mol.